The number of pyridine rings is 1. The molecular weight excluding hydrogens is 362 g/mol. The summed E-state index contributed by atoms with van der Waals surface area (Å²) in [6.07, 6.45) is 6.62. The third-order valence-corrected chi connectivity index (χ3v) is 5.55. The van der Waals surface area contributed by atoms with E-state index in [0.717, 1.165) is 23.3 Å². The monoisotopic (exact) mass is 387 g/mol. The van der Waals surface area contributed by atoms with Crippen molar-refractivity contribution in [2.24, 2.45) is 0 Å². The van der Waals surface area contributed by atoms with Gasteiger partial charge in [0.2, 0.25) is 17.7 Å². The number of ether oxygens (including phenoxy) is 1. The van der Waals surface area contributed by atoms with Crippen molar-refractivity contribution in [2.75, 3.05) is 0 Å². The van der Waals surface area contributed by atoms with Crippen LogP contribution in [-0.2, 0) is 16.1 Å². The van der Waals surface area contributed by atoms with Gasteiger partial charge in [0.05, 0.1) is 12.5 Å². The van der Waals surface area contributed by atoms with Gasteiger partial charge in [0.1, 0.15) is 6.10 Å². The standard InChI is InChI=1S/C20H25N3O3S/c1-14(24)23-17(18-9-5-11-27-18)12-19(25)22-13-15-6-4-10-21-20(15)26-16-7-2-3-8-16/h4-6,9-11,16-17H,2-3,7-8,12-13H2,1H3,(H,22,25)(H,23,24)/t17-/m0/s1. The Morgan fingerprint density at radius 1 is 1.30 bits per heavy atom. The molecule has 27 heavy (non-hydrogen) atoms. The fourth-order valence-electron chi connectivity index (χ4n) is 3.24. The van der Waals surface area contributed by atoms with Gasteiger partial charge in [-0.25, -0.2) is 4.98 Å². The second-order valence-electron chi connectivity index (χ2n) is 6.74. The van der Waals surface area contributed by atoms with Gasteiger partial charge in [-0.15, -0.1) is 11.3 Å². The lowest BCUT2D eigenvalue weighted by Gasteiger charge is -2.17. The van der Waals surface area contributed by atoms with Gasteiger partial charge in [0.15, 0.2) is 0 Å². The number of aromatic nitrogens is 1. The number of carbonyl (C=O) groups excluding carboxylic acids is 2. The van der Waals surface area contributed by atoms with Crippen LogP contribution in [0.5, 0.6) is 5.88 Å². The molecular formula is C20H25N3O3S. The van der Waals surface area contributed by atoms with Crippen LogP contribution in [0.25, 0.3) is 0 Å². The quantitative estimate of drug-likeness (QED) is 0.728. The molecule has 0 bridgehead atoms. The number of nitrogens with one attached hydrogen (secondary N) is 2. The first-order valence-corrected chi connectivity index (χ1v) is 10.2. The van der Waals surface area contributed by atoms with Crippen molar-refractivity contribution in [1.29, 1.82) is 0 Å². The van der Waals surface area contributed by atoms with Crippen molar-refractivity contribution in [3.63, 3.8) is 0 Å². The lowest BCUT2D eigenvalue weighted by molar-refractivity contribution is -0.122. The van der Waals surface area contributed by atoms with E-state index in [9.17, 15) is 9.59 Å². The van der Waals surface area contributed by atoms with Crippen LogP contribution >= 0.6 is 11.3 Å². The molecule has 1 saturated carbocycles. The van der Waals surface area contributed by atoms with Gasteiger partial charge in [-0.05, 0) is 43.2 Å². The summed E-state index contributed by atoms with van der Waals surface area (Å²) in [7, 11) is 0. The molecule has 1 aliphatic rings. The SMILES string of the molecule is CC(=O)N[C@@H](CC(=O)NCc1cccnc1OC1CCCC1)c1cccs1. The highest BCUT2D eigenvalue weighted by molar-refractivity contribution is 7.10. The summed E-state index contributed by atoms with van der Waals surface area (Å²) in [5.41, 5.74) is 0.866. The summed E-state index contributed by atoms with van der Waals surface area (Å²) in [6.45, 7) is 1.81. The molecule has 6 nitrogen and oxygen atoms in total. The number of hydrogen-bond donors (Lipinski definition) is 2. The smallest absolute Gasteiger partial charge is 0.222 e. The Morgan fingerprint density at radius 3 is 2.81 bits per heavy atom. The minimum absolute atomic E-state index is 0.127. The molecule has 1 fully saturated rings. The van der Waals surface area contributed by atoms with Crippen LogP contribution < -0.4 is 15.4 Å². The van der Waals surface area contributed by atoms with Crippen LogP contribution in [-0.4, -0.2) is 22.9 Å². The van der Waals surface area contributed by atoms with E-state index >= 15 is 0 Å². The Kier molecular flexibility index (Phi) is 6.81. The molecule has 0 aromatic carbocycles. The first kappa shape index (κ1) is 19.4. The molecule has 3 rings (SSSR count). The second kappa shape index (κ2) is 9.50. The van der Waals surface area contributed by atoms with E-state index in [-0.39, 0.29) is 30.4 Å². The average Bonchev–Trinajstić information content (AvgIpc) is 3.34. The van der Waals surface area contributed by atoms with E-state index in [1.165, 1.54) is 31.1 Å². The molecule has 1 atom stereocenters. The third kappa shape index (κ3) is 5.79. The Bertz CT molecular complexity index is 758. The molecule has 144 valence electrons. The van der Waals surface area contributed by atoms with Crippen LogP contribution in [0.4, 0.5) is 0 Å². The van der Waals surface area contributed by atoms with Gasteiger partial charge in [-0.3, -0.25) is 9.59 Å². The van der Waals surface area contributed by atoms with E-state index in [0.29, 0.717) is 12.4 Å². The summed E-state index contributed by atoms with van der Waals surface area (Å²) in [4.78, 5) is 29.2. The average molecular weight is 388 g/mol. The highest BCUT2D eigenvalue weighted by atomic mass is 32.1. The zero-order valence-electron chi connectivity index (χ0n) is 15.4. The van der Waals surface area contributed by atoms with Crippen molar-refractivity contribution in [1.82, 2.24) is 15.6 Å². The van der Waals surface area contributed by atoms with Crippen LogP contribution in [0.3, 0.4) is 0 Å². The molecule has 7 heteroatoms. The van der Waals surface area contributed by atoms with Gasteiger partial charge < -0.3 is 15.4 Å². The summed E-state index contributed by atoms with van der Waals surface area (Å²) < 4.78 is 6.01. The molecule has 2 N–H and O–H groups in total. The van der Waals surface area contributed by atoms with E-state index in [1.54, 1.807) is 6.20 Å². The zero-order valence-corrected chi connectivity index (χ0v) is 16.3. The maximum Gasteiger partial charge on any atom is 0.222 e. The third-order valence-electron chi connectivity index (χ3n) is 4.56. The molecule has 2 aromatic rings. The number of carbonyl (C=O) groups is 2. The molecule has 0 aliphatic heterocycles. The fourth-order valence-corrected chi connectivity index (χ4v) is 4.02. The van der Waals surface area contributed by atoms with Crippen molar-refractivity contribution in [3.05, 3.63) is 46.3 Å². The highest BCUT2D eigenvalue weighted by Gasteiger charge is 2.20. The first-order valence-electron chi connectivity index (χ1n) is 9.29. The van der Waals surface area contributed by atoms with Crippen molar-refractivity contribution in [2.45, 2.75) is 57.7 Å². The number of nitrogens with zero attached hydrogens (tertiary/aromatic N) is 1. The van der Waals surface area contributed by atoms with E-state index in [1.807, 2.05) is 29.6 Å². The number of thiophene rings is 1. The Hall–Kier alpha value is -2.41. The Balaban J connectivity index is 1.57. The zero-order chi connectivity index (χ0) is 19.1. The first-order chi connectivity index (χ1) is 13.1. The van der Waals surface area contributed by atoms with Crippen molar-refractivity contribution in [3.8, 4) is 5.88 Å². The molecule has 2 heterocycles. The van der Waals surface area contributed by atoms with Gasteiger partial charge in [0, 0.05) is 30.1 Å². The lowest BCUT2D eigenvalue weighted by atomic mass is 10.1. The molecule has 0 unspecified atom stereocenters. The van der Waals surface area contributed by atoms with Gasteiger partial charge in [-0.1, -0.05) is 12.1 Å². The predicted octanol–water partition coefficient (Wildman–Crippen LogP) is 3.35. The summed E-state index contributed by atoms with van der Waals surface area (Å²) in [5.74, 6) is 0.319. The normalized spacial score (nSPS) is 15.3. The minimum atomic E-state index is -0.314. The maximum absolute atomic E-state index is 12.4. The van der Waals surface area contributed by atoms with Crippen molar-refractivity contribution >= 4 is 23.2 Å². The largest absolute Gasteiger partial charge is 0.474 e. The van der Waals surface area contributed by atoms with Gasteiger partial charge in [0.25, 0.3) is 0 Å². The summed E-state index contributed by atoms with van der Waals surface area (Å²) >= 11 is 1.52. The van der Waals surface area contributed by atoms with Crippen LogP contribution in [0.1, 0.15) is 55.5 Å². The Labute approximate surface area is 163 Å². The molecule has 1 aliphatic carbocycles. The van der Waals surface area contributed by atoms with E-state index in [2.05, 4.69) is 15.6 Å². The van der Waals surface area contributed by atoms with Crippen LogP contribution in [0.15, 0.2) is 35.8 Å². The molecule has 0 spiro atoms. The molecule has 0 saturated heterocycles. The molecule has 0 radical (unpaired) electrons. The minimum Gasteiger partial charge on any atom is -0.474 e. The number of hydrogen-bond acceptors (Lipinski definition) is 5. The maximum atomic E-state index is 12.4. The van der Waals surface area contributed by atoms with Crippen LogP contribution in [0, 0.1) is 0 Å². The lowest BCUT2D eigenvalue weighted by Crippen LogP contribution is -2.32. The molecule has 2 amide bonds. The number of amides is 2. The topological polar surface area (TPSA) is 80.3 Å². The highest BCUT2D eigenvalue weighted by Crippen LogP contribution is 2.25. The fraction of sp³-hybridized carbons (Fsp3) is 0.450. The second-order valence-corrected chi connectivity index (χ2v) is 7.72. The number of rotatable bonds is 8. The summed E-state index contributed by atoms with van der Waals surface area (Å²) in [5, 5.41) is 7.70. The van der Waals surface area contributed by atoms with E-state index in [4.69, 9.17) is 4.74 Å². The van der Waals surface area contributed by atoms with Gasteiger partial charge in [-0.2, -0.15) is 0 Å². The van der Waals surface area contributed by atoms with E-state index < -0.39 is 0 Å². The van der Waals surface area contributed by atoms with Crippen molar-refractivity contribution < 1.29 is 14.3 Å². The van der Waals surface area contributed by atoms with Crippen LogP contribution in [0.2, 0.25) is 0 Å². The Morgan fingerprint density at radius 2 is 2.11 bits per heavy atom. The van der Waals surface area contributed by atoms with Gasteiger partial charge >= 0.3 is 0 Å². The summed E-state index contributed by atoms with van der Waals surface area (Å²) in [6, 6.07) is 7.28. The predicted molar refractivity (Wildman–Crippen MR) is 104 cm³/mol. The molecule has 2 aromatic heterocycles.